The van der Waals surface area contributed by atoms with Gasteiger partial charge in [-0.15, -0.1) is 0 Å². The molecule has 0 spiro atoms. The van der Waals surface area contributed by atoms with Crippen LogP contribution in [-0.4, -0.2) is 46.3 Å². The van der Waals surface area contributed by atoms with E-state index in [9.17, 15) is 5.11 Å². The fourth-order valence-corrected chi connectivity index (χ4v) is 1.67. The van der Waals surface area contributed by atoms with Gasteiger partial charge >= 0.3 is 0 Å². The first kappa shape index (κ1) is 14.2. The smallest absolute Gasteiger partial charge is 0.0860 e. The Labute approximate surface area is 103 Å². The van der Waals surface area contributed by atoms with Gasteiger partial charge in [0.25, 0.3) is 0 Å². The number of hydrogen-bond donors (Lipinski definition) is 2. The molecular formula is C12H23N3O2. The summed E-state index contributed by atoms with van der Waals surface area (Å²) in [5, 5.41) is 17.0. The van der Waals surface area contributed by atoms with Crippen molar-refractivity contribution in [1.29, 1.82) is 0 Å². The van der Waals surface area contributed by atoms with Gasteiger partial charge in [0.2, 0.25) is 0 Å². The number of nitrogens with one attached hydrogen (secondary N) is 1. The molecule has 0 radical (unpaired) electrons. The number of nitrogens with zero attached hydrogens (tertiary/aromatic N) is 2. The Morgan fingerprint density at radius 1 is 1.53 bits per heavy atom. The minimum atomic E-state index is -0.438. The van der Waals surface area contributed by atoms with Crippen LogP contribution in [0, 0.1) is 0 Å². The zero-order chi connectivity index (χ0) is 12.7. The highest BCUT2D eigenvalue weighted by Crippen LogP contribution is 2.06. The molecule has 1 heterocycles. The highest BCUT2D eigenvalue weighted by atomic mass is 16.5. The SMILES string of the molecule is CCOC(C)(C)CNCC(O)Cn1cccn1. The summed E-state index contributed by atoms with van der Waals surface area (Å²) in [6, 6.07) is 1.85. The molecule has 0 saturated heterocycles. The van der Waals surface area contributed by atoms with E-state index < -0.39 is 6.10 Å². The van der Waals surface area contributed by atoms with Crippen molar-refractivity contribution in [1.82, 2.24) is 15.1 Å². The van der Waals surface area contributed by atoms with Crippen LogP contribution in [0.1, 0.15) is 20.8 Å². The molecule has 5 heteroatoms. The van der Waals surface area contributed by atoms with Crippen LogP contribution in [0.2, 0.25) is 0 Å². The third-order valence-corrected chi connectivity index (χ3v) is 2.42. The molecule has 0 fully saturated rings. The van der Waals surface area contributed by atoms with Crippen LogP contribution >= 0.6 is 0 Å². The molecule has 17 heavy (non-hydrogen) atoms. The quantitative estimate of drug-likeness (QED) is 0.701. The van der Waals surface area contributed by atoms with Crippen LogP contribution in [-0.2, 0) is 11.3 Å². The van der Waals surface area contributed by atoms with Gasteiger partial charge in [-0.05, 0) is 26.8 Å². The van der Waals surface area contributed by atoms with E-state index in [1.807, 2.05) is 33.0 Å². The molecule has 1 rings (SSSR count). The van der Waals surface area contributed by atoms with Crippen LogP contribution < -0.4 is 5.32 Å². The van der Waals surface area contributed by atoms with E-state index >= 15 is 0 Å². The normalized spacial score (nSPS) is 13.9. The fraction of sp³-hybridized carbons (Fsp3) is 0.750. The van der Waals surface area contributed by atoms with Gasteiger partial charge < -0.3 is 15.2 Å². The maximum Gasteiger partial charge on any atom is 0.0860 e. The van der Waals surface area contributed by atoms with Gasteiger partial charge in [-0.2, -0.15) is 5.10 Å². The molecule has 98 valence electrons. The van der Waals surface area contributed by atoms with Crippen molar-refractivity contribution in [2.75, 3.05) is 19.7 Å². The molecular weight excluding hydrogens is 218 g/mol. The zero-order valence-corrected chi connectivity index (χ0v) is 10.9. The van der Waals surface area contributed by atoms with Crippen molar-refractivity contribution in [2.24, 2.45) is 0 Å². The average Bonchev–Trinajstić information content (AvgIpc) is 2.69. The predicted molar refractivity (Wildman–Crippen MR) is 66.8 cm³/mol. The van der Waals surface area contributed by atoms with Gasteiger partial charge in [0.05, 0.1) is 18.2 Å². The Morgan fingerprint density at radius 3 is 2.88 bits per heavy atom. The maximum atomic E-state index is 9.78. The second-order valence-corrected chi connectivity index (χ2v) is 4.71. The molecule has 1 aromatic rings. The first-order valence-electron chi connectivity index (χ1n) is 6.03. The van der Waals surface area contributed by atoms with Crippen molar-refractivity contribution >= 4 is 0 Å². The van der Waals surface area contributed by atoms with Gasteiger partial charge in [0.15, 0.2) is 0 Å². The van der Waals surface area contributed by atoms with Crippen molar-refractivity contribution < 1.29 is 9.84 Å². The Morgan fingerprint density at radius 2 is 2.29 bits per heavy atom. The van der Waals surface area contributed by atoms with E-state index in [2.05, 4.69) is 10.4 Å². The van der Waals surface area contributed by atoms with Gasteiger partial charge in [0.1, 0.15) is 0 Å². The predicted octanol–water partition coefficient (Wildman–Crippen LogP) is 0.649. The fourth-order valence-electron chi connectivity index (χ4n) is 1.67. The van der Waals surface area contributed by atoms with Gasteiger partial charge in [-0.3, -0.25) is 4.68 Å². The third-order valence-electron chi connectivity index (χ3n) is 2.42. The van der Waals surface area contributed by atoms with E-state index in [1.165, 1.54) is 0 Å². The molecule has 1 atom stereocenters. The maximum absolute atomic E-state index is 9.78. The van der Waals surface area contributed by atoms with Crippen LogP contribution in [0.4, 0.5) is 0 Å². The second kappa shape index (κ2) is 6.74. The summed E-state index contributed by atoms with van der Waals surface area (Å²) in [5.41, 5.74) is -0.194. The first-order valence-corrected chi connectivity index (χ1v) is 6.03. The highest BCUT2D eigenvalue weighted by Gasteiger charge is 2.17. The Balaban J connectivity index is 2.18. The monoisotopic (exact) mass is 241 g/mol. The minimum absolute atomic E-state index is 0.194. The summed E-state index contributed by atoms with van der Waals surface area (Å²) in [6.45, 7) is 8.51. The Kier molecular flexibility index (Phi) is 5.61. The standard InChI is InChI=1S/C12H23N3O2/c1-4-17-12(2,3)10-13-8-11(16)9-15-7-5-6-14-15/h5-7,11,13,16H,4,8-10H2,1-3H3. The number of hydrogen-bond acceptors (Lipinski definition) is 4. The number of rotatable bonds is 8. The molecule has 0 aliphatic rings. The molecule has 5 nitrogen and oxygen atoms in total. The van der Waals surface area contributed by atoms with E-state index in [4.69, 9.17) is 4.74 Å². The number of aliphatic hydroxyl groups is 1. The largest absolute Gasteiger partial charge is 0.390 e. The molecule has 1 aromatic heterocycles. The van der Waals surface area contributed by atoms with E-state index in [-0.39, 0.29) is 5.60 Å². The van der Waals surface area contributed by atoms with E-state index in [0.717, 1.165) is 6.54 Å². The number of aromatic nitrogens is 2. The lowest BCUT2D eigenvalue weighted by Crippen LogP contribution is -2.41. The lowest BCUT2D eigenvalue weighted by atomic mass is 10.1. The Hall–Kier alpha value is -0.910. The van der Waals surface area contributed by atoms with E-state index in [1.54, 1.807) is 10.9 Å². The number of aliphatic hydroxyl groups excluding tert-OH is 1. The summed E-state index contributed by atoms with van der Waals surface area (Å²) in [4.78, 5) is 0. The van der Waals surface area contributed by atoms with Crippen molar-refractivity contribution in [2.45, 2.75) is 39.0 Å². The molecule has 1 unspecified atom stereocenters. The Bertz CT molecular complexity index is 299. The number of ether oxygens (including phenoxy) is 1. The first-order chi connectivity index (χ1) is 8.03. The zero-order valence-electron chi connectivity index (χ0n) is 10.9. The van der Waals surface area contributed by atoms with Crippen LogP contribution in [0.25, 0.3) is 0 Å². The van der Waals surface area contributed by atoms with Crippen molar-refractivity contribution in [3.63, 3.8) is 0 Å². The third kappa shape index (κ3) is 5.81. The average molecular weight is 241 g/mol. The van der Waals surface area contributed by atoms with Crippen LogP contribution in [0.15, 0.2) is 18.5 Å². The second-order valence-electron chi connectivity index (χ2n) is 4.71. The molecule has 0 aliphatic heterocycles. The van der Waals surface area contributed by atoms with Crippen molar-refractivity contribution in [3.8, 4) is 0 Å². The highest BCUT2D eigenvalue weighted by molar-refractivity contribution is 4.79. The molecule has 0 aliphatic carbocycles. The van der Waals surface area contributed by atoms with Crippen LogP contribution in [0.3, 0.4) is 0 Å². The molecule has 2 N–H and O–H groups in total. The molecule has 0 bridgehead atoms. The van der Waals surface area contributed by atoms with Gasteiger partial charge in [-0.25, -0.2) is 0 Å². The lowest BCUT2D eigenvalue weighted by Gasteiger charge is -2.25. The summed E-state index contributed by atoms with van der Waals surface area (Å²) in [6.07, 6.45) is 3.11. The van der Waals surface area contributed by atoms with E-state index in [0.29, 0.717) is 19.7 Å². The summed E-state index contributed by atoms with van der Waals surface area (Å²) < 4.78 is 7.28. The molecule has 0 amide bonds. The van der Waals surface area contributed by atoms with Gasteiger partial charge in [-0.1, -0.05) is 0 Å². The van der Waals surface area contributed by atoms with Crippen molar-refractivity contribution in [3.05, 3.63) is 18.5 Å². The van der Waals surface area contributed by atoms with Crippen LogP contribution in [0.5, 0.6) is 0 Å². The van der Waals surface area contributed by atoms with Gasteiger partial charge in [0, 0.05) is 32.1 Å². The minimum Gasteiger partial charge on any atom is -0.390 e. The summed E-state index contributed by atoms with van der Waals surface area (Å²) in [7, 11) is 0. The topological polar surface area (TPSA) is 59.3 Å². The summed E-state index contributed by atoms with van der Waals surface area (Å²) >= 11 is 0. The summed E-state index contributed by atoms with van der Waals surface area (Å²) in [5.74, 6) is 0. The lowest BCUT2D eigenvalue weighted by molar-refractivity contribution is -0.0107. The molecule has 0 saturated carbocycles. The molecule has 0 aromatic carbocycles.